The fourth-order valence-electron chi connectivity index (χ4n) is 2.43. The molecule has 1 heterocycles. The summed E-state index contributed by atoms with van der Waals surface area (Å²) in [5.74, 6) is 0.205. The number of nitrogens with zero attached hydrogens (tertiary/aromatic N) is 2. The van der Waals surface area contributed by atoms with Crippen LogP contribution in [0.3, 0.4) is 0 Å². The molecule has 0 aliphatic rings. The van der Waals surface area contributed by atoms with Crippen LogP contribution in [0, 0.1) is 5.82 Å². The van der Waals surface area contributed by atoms with Gasteiger partial charge in [-0.2, -0.15) is 0 Å². The third-order valence-corrected chi connectivity index (χ3v) is 3.92. The normalized spacial score (nSPS) is 10.6. The Morgan fingerprint density at radius 2 is 2.11 bits per heavy atom. The molecule has 0 radical (unpaired) electrons. The second-order valence-electron chi connectivity index (χ2n) is 5.71. The molecule has 0 unspecified atom stereocenters. The highest BCUT2D eigenvalue weighted by atomic mass is 35.5. The summed E-state index contributed by atoms with van der Waals surface area (Å²) in [6, 6.07) is 7.63. The van der Waals surface area contributed by atoms with E-state index < -0.39 is 5.82 Å². The van der Waals surface area contributed by atoms with Crippen molar-refractivity contribution in [2.75, 3.05) is 24.2 Å². The molecule has 4 N–H and O–H groups in total. The van der Waals surface area contributed by atoms with Crippen LogP contribution < -0.4 is 21.1 Å². The van der Waals surface area contributed by atoms with Gasteiger partial charge >= 0.3 is 0 Å². The quantitative estimate of drug-likeness (QED) is 0.441. The Balaban J connectivity index is 1.85. The lowest BCUT2D eigenvalue weighted by molar-refractivity contribution is -0.119. The van der Waals surface area contributed by atoms with Crippen LogP contribution in [0.2, 0.25) is 5.02 Å². The molecule has 0 aliphatic carbocycles. The van der Waals surface area contributed by atoms with Crippen molar-refractivity contribution in [2.45, 2.75) is 6.92 Å². The van der Waals surface area contributed by atoms with Crippen LogP contribution >= 0.6 is 11.6 Å². The molecule has 1 amide bonds. The Morgan fingerprint density at radius 3 is 2.85 bits per heavy atom. The Kier molecular flexibility index (Phi) is 5.56. The van der Waals surface area contributed by atoms with Crippen molar-refractivity contribution in [1.82, 2.24) is 15.3 Å². The van der Waals surface area contributed by atoms with Gasteiger partial charge < -0.3 is 21.1 Å². The first-order chi connectivity index (χ1) is 12.9. The average Bonchev–Trinajstić information content (AvgIpc) is 2.61. The van der Waals surface area contributed by atoms with E-state index in [1.54, 1.807) is 18.2 Å². The maximum absolute atomic E-state index is 14.0. The third-order valence-electron chi connectivity index (χ3n) is 3.68. The molecule has 9 heteroatoms. The Labute approximate surface area is 159 Å². The van der Waals surface area contributed by atoms with E-state index in [4.69, 9.17) is 22.1 Å². The van der Waals surface area contributed by atoms with E-state index in [0.29, 0.717) is 39.7 Å². The maximum atomic E-state index is 14.0. The molecule has 3 aromatic rings. The van der Waals surface area contributed by atoms with Gasteiger partial charge in [0.15, 0.2) is 0 Å². The summed E-state index contributed by atoms with van der Waals surface area (Å²) in [6.45, 7) is 2.06. The predicted octanol–water partition coefficient (Wildman–Crippen LogP) is 3.26. The number of amides is 1. The SMILES string of the molecule is CC(=O)NCCOc1cc2ncnc(Nc3ccc(Cl)cc3F)c2cc1N. The van der Waals surface area contributed by atoms with Gasteiger partial charge in [-0.15, -0.1) is 0 Å². The molecule has 3 rings (SSSR count). The highest BCUT2D eigenvalue weighted by molar-refractivity contribution is 6.30. The highest BCUT2D eigenvalue weighted by Crippen LogP contribution is 2.32. The number of carbonyl (C=O) groups is 1. The predicted molar refractivity (Wildman–Crippen MR) is 103 cm³/mol. The zero-order chi connectivity index (χ0) is 19.4. The molecule has 1 aromatic heterocycles. The Hall–Kier alpha value is -3.13. The van der Waals surface area contributed by atoms with Crippen LogP contribution in [0.4, 0.5) is 21.6 Å². The van der Waals surface area contributed by atoms with Crippen LogP contribution in [0.25, 0.3) is 10.9 Å². The lowest BCUT2D eigenvalue weighted by Gasteiger charge is -2.13. The summed E-state index contributed by atoms with van der Waals surface area (Å²) < 4.78 is 19.6. The lowest BCUT2D eigenvalue weighted by atomic mass is 10.2. The van der Waals surface area contributed by atoms with Crippen molar-refractivity contribution in [3.63, 3.8) is 0 Å². The molecule has 0 fully saturated rings. The van der Waals surface area contributed by atoms with Gasteiger partial charge in [-0.05, 0) is 24.3 Å². The molecule has 0 saturated heterocycles. The summed E-state index contributed by atoms with van der Waals surface area (Å²) in [5.41, 5.74) is 7.23. The third kappa shape index (κ3) is 4.53. The van der Waals surface area contributed by atoms with Crippen LogP contribution in [0.15, 0.2) is 36.7 Å². The summed E-state index contributed by atoms with van der Waals surface area (Å²) in [7, 11) is 0. The minimum absolute atomic E-state index is 0.136. The number of fused-ring (bicyclic) bond motifs is 1. The van der Waals surface area contributed by atoms with Crippen molar-refractivity contribution in [3.8, 4) is 5.75 Å². The molecule has 0 aliphatic heterocycles. The maximum Gasteiger partial charge on any atom is 0.216 e. The fraction of sp³-hybridized carbons (Fsp3) is 0.167. The molecular formula is C18H17ClFN5O2. The van der Waals surface area contributed by atoms with E-state index in [2.05, 4.69) is 20.6 Å². The Morgan fingerprint density at radius 1 is 1.30 bits per heavy atom. The van der Waals surface area contributed by atoms with E-state index in [1.165, 1.54) is 25.4 Å². The number of hydrogen-bond acceptors (Lipinski definition) is 6. The van der Waals surface area contributed by atoms with E-state index in [0.717, 1.165) is 0 Å². The first-order valence-electron chi connectivity index (χ1n) is 8.07. The number of hydrogen-bond donors (Lipinski definition) is 3. The number of aromatic nitrogens is 2. The molecular weight excluding hydrogens is 373 g/mol. The minimum atomic E-state index is -0.500. The monoisotopic (exact) mass is 389 g/mol. The van der Waals surface area contributed by atoms with E-state index in [9.17, 15) is 9.18 Å². The van der Waals surface area contributed by atoms with Crippen molar-refractivity contribution in [1.29, 1.82) is 0 Å². The number of carbonyl (C=O) groups excluding carboxylic acids is 1. The zero-order valence-corrected chi connectivity index (χ0v) is 15.2. The molecule has 140 valence electrons. The number of nitrogens with two attached hydrogens (primary N) is 1. The number of nitrogen functional groups attached to an aromatic ring is 1. The van der Waals surface area contributed by atoms with Gasteiger partial charge in [0.05, 0.1) is 23.4 Å². The van der Waals surface area contributed by atoms with Gasteiger partial charge in [0.1, 0.15) is 30.3 Å². The zero-order valence-electron chi connectivity index (χ0n) is 14.4. The molecule has 0 atom stereocenters. The second kappa shape index (κ2) is 8.05. The van der Waals surface area contributed by atoms with Crippen LogP contribution in [-0.4, -0.2) is 29.0 Å². The van der Waals surface area contributed by atoms with Crippen LogP contribution in [-0.2, 0) is 4.79 Å². The van der Waals surface area contributed by atoms with Crippen molar-refractivity contribution < 1.29 is 13.9 Å². The number of halogens is 2. The molecule has 2 aromatic carbocycles. The van der Waals surface area contributed by atoms with Crippen LogP contribution in [0.5, 0.6) is 5.75 Å². The smallest absolute Gasteiger partial charge is 0.216 e. The van der Waals surface area contributed by atoms with Gasteiger partial charge in [0.2, 0.25) is 5.91 Å². The van der Waals surface area contributed by atoms with Crippen LogP contribution in [0.1, 0.15) is 6.92 Å². The van der Waals surface area contributed by atoms with Gasteiger partial charge in [-0.1, -0.05) is 11.6 Å². The van der Waals surface area contributed by atoms with Crippen molar-refractivity contribution >= 4 is 45.6 Å². The standard InChI is InChI=1S/C18H17ClFN5O2/c1-10(26)22-4-5-27-17-8-16-12(7-14(17)21)18(24-9-23-16)25-15-3-2-11(19)6-13(15)20/h2-3,6-9H,4-5,21H2,1H3,(H,22,26)(H,23,24,25). The first kappa shape index (κ1) is 18.7. The van der Waals surface area contributed by atoms with Gasteiger partial charge in [-0.3, -0.25) is 4.79 Å². The van der Waals surface area contributed by atoms with Crippen molar-refractivity contribution in [2.24, 2.45) is 0 Å². The molecule has 27 heavy (non-hydrogen) atoms. The molecule has 7 nitrogen and oxygen atoms in total. The summed E-state index contributed by atoms with van der Waals surface area (Å²) >= 11 is 5.78. The lowest BCUT2D eigenvalue weighted by Crippen LogP contribution is -2.25. The largest absolute Gasteiger partial charge is 0.490 e. The van der Waals surface area contributed by atoms with Crippen molar-refractivity contribution in [3.05, 3.63) is 47.5 Å². The van der Waals surface area contributed by atoms with E-state index >= 15 is 0 Å². The van der Waals surface area contributed by atoms with E-state index in [1.807, 2.05) is 0 Å². The summed E-state index contributed by atoms with van der Waals surface area (Å²) in [6.07, 6.45) is 1.36. The Bertz CT molecular complexity index is 999. The number of nitrogens with one attached hydrogen (secondary N) is 2. The molecule has 0 saturated carbocycles. The van der Waals surface area contributed by atoms with Gasteiger partial charge in [-0.25, -0.2) is 14.4 Å². The van der Waals surface area contributed by atoms with Gasteiger partial charge in [0.25, 0.3) is 0 Å². The van der Waals surface area contributed by atoms with E-state index in [-0.39, 0.29) is 18.2 Å². The number of benzene rings is 2. The molecule has 0 bridgehead atoms. The fourth-order valence-corrected chi connectivity index (χ4v) is 2.59. The summed E-state index contributed by atoms with van der Waals surface area (Å²) in [5, 5.41) is 6.47. The topological polar surface area (TPSA) is 102 Å². The molecule has 0 spiro atoms. The number of ether oxygens (including phenoxy) is 1. The first-order valence-corrected chi connectivity index (χ1v) is 8.45. The highest BCUT2D eigenvalue weighted by Gasteiger charge is 2.11. The second-order valence-corrected chi connectivity index (χ2v) is 6.15. The number of rotatable bonds is 6. The van der Waals surface area contributed by atoms with Gasteiger partial charge in [0, 0.05) is 23.4 Å². The number of anilines is 3. The minimum Gasteiger partial charge on any atom is -0.490 e. The summed E-state index contributed by atoms with van der Waals surface area (Å²) in [4.78, 5) is 19.3. The average molecular weight is 390 g/mol.